The second-order valence-electron chi connectivity index (χ2n) is 6.56. The fourth-order valence-corrected chi connectivity index (χ4v) is 4.99. The molecule has 0 N–H and O–H groups in total. The van der Waals surface area contributed by atoms with Crippen molar-refractivity contribution in [1.29, 1.82) is 0 Å². The minimum Gasteiger partial charge on any atom is -0.379 e. The molecule has 148 valence electrons. The van der Waals surface area contributed by atoms with Crippen molar-refractivity contribution in [2.45, 2.75) is 13.3 Å². The molecule has 0 bridgehead atoms. The number of thiazole rings is 1. The number of hydrogen-bond acceptors (Lipinski definition) is 8. The van der Waals surface area contributed by atoms with Gasteiger partial charge in [0.25, 0.3) is 5.91 Å². The number of aromatic nitrogens is 3. The maximum absolute atomic E-state index is 13.2. The lowest BCUT2D eigenvalue weighted by Gasteiger charge is -2.27. The first-order chi connectivity index (χ1) is 13.6. The average Bonchev–Trinajstić information content (AvgIpc) is 3.31. The number of fused-ring (bicyclic) bond motifs is 1. The number of carbonyl (C=O) groups excluding carboxylic acids is 1. The van der Waals surface area contributed by atoms with E-state index in [2.05, 4.69) is 19.5 Å². The molecule has 1 aromatic carbocycles. The zero-order chi connectivity index (χ0) is 19.5. The highest BCUT2D eigenvalue weighted by Gasteiger charge is 2.25. The van der Waals surface area contributed by atoms with E-state index in [9.17, 15) is 4.79 Å². The molecule has 1 saturated heterocycles. The predicted molar refractivity (Wildman–Crippen MR) is 113 cm³/mol. The lowest BCUT2D eigenvalue weighted by molar-refractivity contribution is 0.0376. The number of hydrogen-bond donors (Lipinski definition) is 0. The molecule has 0 atom stereocenters. The molecule has 1 fully saturated rings. The molecule has 2 aromatic heterocycles. The molecule has 4 rings (SSSR count). The van der Waals surface area contributed by atoms with Gasteiger partial charge >= 0.3 is 0 Å². The number of rotatable bonds is 6. The number of ether oxygens (including phenoxy) is 1. The minimum absolute atomic E-state index is 0.0976. The van der Waals surface area contributed by atoms with Gasteiger partial charge in [0.05, 0.1) is 29.1 Å². The molecule has 0 radical (unpaired) electrons. The summed E-state index contributed by atoms with van der Waals surface area (Å²) in [7, 11) is 0. The van der Waals surface area contributed by atoms with Gasteiger partial charge in [-0.05, 0) is 43.1 Å². The monoisotopic (exact) mass is 437 g/mol. The summed E-state index contributed by atoms with van der Waals surface area (Å²) in [5, 5.41) is 5.33. The molecular formula is C18H20ClN5O2S2. The first-order valence-corrected chi connectivity index (χ1v) is 11.1. The van der Waals surface area contributed by atoms with Gasteiger partial charge in [0.15, 0.2) is 5.13 Å². The van der Waals surface area contributed by atoms with Crippen LogP contribution in [-0.4, -0.2) is 64.8 Å². The number of carbonyl (C=O) groups is 1. The third-order valence-corrected chi connectivity index (χ3v) is 6.71. The van der Waals surface area contributed by atoms with Gasteiger partial charge in [-0.15, -0.1) is 5.10 Å². The summed E-state index contributed by atoms with van der Waals surface area (Å²) in [5.74, 6) is -0.0976. The highest BCUT2D eigenvalue weighted by Crippen LogP contribution is 2.32. The molecular weight excluding hydrogens is 418 g/mol. The molecule has 10 heteroatoms. The third-order valence-electron chi connectivity index (χ3n) is 4.62. The molecule has 0 aliphatic carbocycles. The number of aryl methyl sites for hydroxylation is 1. The van der Waals surface area contributed by atoms with Gasteiger partial charge in [-0.3, -0.25) is 14.6 Å². The van der Waals surface area contributed by atoms with Gasteiger partial charge in [0, 0.05) is 31.2 Å². The van der Waals surface area contributed by atoms with Crippen molar-refractivity contribution in [3.63, 3.8) is 0 Å². The molecule has 7 nitrogen and oxygen atoms in total. The Kier molecular flexibility index (Phi) is 6.17. The topological polar surface area (TPSA) is 71.5 Å². The largest absolute Gasteiger partial charge is 0.379 e. The number of anilines is 1. The summed E-state index contributed by atoms with van der Waals surface area (Å²) < 4.78 is 10.3. The van der Waals surface area contributed by atoms with Crippen LogP contribution in [0.4, 0.5) is 5.13 Å². The van der Waals surface area contributed by atoms with Crippen LogP contribution in [0, 0.1) is 6.92 Å². The highest BCUT2D eigenvalue weighted by atomic mass is 35.5. The van der Waals surface area contributed by atoms with Gasteiger partial charge in [-0.25, -0.2) is 4.98 Å². The Morgan fingerprint density at radius 1 is 1.36 bits per heavy atom. The van der Waals surface area contributed by atoms with E-state index < -0.39 is 0 Å². The summed E-state index contributed by atoms with van der Waals surface area (Å²) in [6.45, 7) is 6.72. The van der Waals surface area contributed by atoms with E-state index in [0.29, 0.717) is 27.3 Å². The van der Waals surface area contributed by atoms with Crippen LogP contribution in [0.3, 0.4) is 0 Å². The normalized spacial score (nSPS) is 15.2. The SMILES string of the molecule is Cc1nnsc1C(=O)N(CCCN1CCOCC1)c1nc2ccc(Cl)cc2s1. The van der Waals surface area contributed by atoms with Crippen molar-refractivity contribution in [2.75, 3.05) is 44.3 Å². The molecule has 1 aliphatic heterocycles. The lowest BCUT2D eigenvalue weighted by atomic mass is 10.3. The van der Waals surface area contributed by atoms with Crippen LogP contribution in [0.5, 0.6) is 0 Å². The zero-order valence-electron chi connectivity index (χ0n) is 15.4. The lowest BCUT2D eigenvalue weighted by Crippen LogP contribution is -2.39. The van der Waals surface area contributed by atoms with E-state index in [1.165, 1.54) is 11.3 Å². The Morgan fingerprint density at radius 3 is 2.93 bits per heavy atom. The first kappa shape index (κ1) is 19.7. The molecule has 0 spiro atoms. The van der Waals surface area contributed by atoms with Gasteiger partial charge < -0.3 is 4.74 Å². The van der Waals surface area contributed by atoms with Gasteiger partial charge in [0.2, 0.25) is 0 Å². The number of morpholine rings is 1. The van der Waals surface area contributed by atoms with Crippen LogP contribution in [0.15, 0.2) is 18.2 Å². The number of benzene rings is 1. The second-order valence-corrected chi connectivity index (χ2v) is 8.76. The minimum atomic E-state index is -0.0976. The Labute approximate surface area is 176 Å². The van der Waals surface area contributed by atoms with Crippen LogP contribution in [0.1, 0.15) is 21.8 Å². The maximum atomic E-state index is 13.2. The van der Waals surface area contributed by atoms with Gasteiger partial charge in [0.1, 0.15) is 4.88 Å². The fraction of sp³-hybridized carbons (Fsp3) is 0.444. The van der Waals surface area contributed by atoms with Crippen molar-refractivity contribution in [3.8, 4) is 0 Å². The van der Waals surface area contributed by atoms with Crippen LogP contribution in [0.25, 0.3) is 10.2 Å². The number of nitrogens with zero attached hydrogens (tertiary/aromatic N) is 5. The molecule has 0 saturated carbocycles. The van der Waals surface area contributed by atoms with Crippen molar-refractivity contribution < 1.29 is 9.53 Å². The molecule has 0 unspecified atom stereocenters. The predicted octanol–water partition coefficient (Wildman–Crippen LogP) is 3.48. The summed E-state index contributed by atoms with van der Waals surface area (Å²) in [6.07, 6.45) is 0.855. The molecule has 3 heterocycles. The van der Waals surface area contributed by atoms with Gasteiger partial charge in [-0.1, -0.05) is 27.4 Å². The van der Waals surface area contributed by atoms with E-state index in [-0.39, 0.29) is 5.91 Å². The van der Waals surface area contributed by atoms with Crippen LogP contribution in [-0.2, 0) is 4.74 Å². The van der Waals surface area contributed by atoms with Gasteiger partial charge in [-0.2, -0.15) is 0 Å². The average molecular weight is 438 g/mol. The quantitative estimate of drug-likeness (QED) is 0.588. The van der Waals surface area contributed by atoms with E-state index in [4.69, 9.17) is 16.3 Å². The van der Waals surface area contributed by atoms with E-state index in [0.717, 1.165) is 61.0 Å². The molecule has 1 aliphatic rings. The first-order valence-electron chi connectivity index (χ1n) is 9.09. The van der Waals surface area contributed by atoms with E-state index in [1.807, 2.05) is 18.2 Å². The Bertz CT molecular complexity index is 970. The third kappa shape index (κ3) is 4.33. The summed E-state index contributed by atoms with van der Waals surface area (Å²) in [5.41, 5.74) is 1.49. The molecule has 1 amide bonds. The number of amides is 1. The standard InChI is InChI=1S/C18H20ClN5O2S2/c1-12-16(28-22-21-12)17(25)24(6-2-5-23-7-9-26-10-8-23)18-20-14-4-3-13(19)11-15(14)27-18/h3-4,11H,2,5-10H2,1H3. The molecule has 28 heavy (non-hydrogen) atoms. The zero-order valence-corrected chi connectivity index (χ0v) is 17.8. The fourth-order valence-electron chi connectivity index (χ4n) is 3.11. The van der Waals surface area contributed by atoms with Crippen LogP contribution < -0.4 is 4.90 Å². The molecule has 3 aromatic rings. The summed E-state index contributed by atoms with van der Waals surface area (Å²) >= 11 is 8.71. The summed E-state index contributed by atoms with van der Waals surface area (Å²) in [4.78, 5) is 22.6. The van der Waals surface area contributed by atoms with E-state index in [1.54, 1.807) is 11.8 Å². The maximum Gasteiger partial charge on any atom is 0.273 e. The van der Waals surface area contributed by atoms with Crippen molar-refractivity contribution in [1.82, 2.24) is 19.5 Å². The Morgan fingerprint density at radius 2 is 2.18 bits per heavy atom. The van der Waals surface area contributed by atoms with E-state index >= 15 is 0 Å². The van der Waals surface area contributed by atoms with Crippen molar-refractivity contribution in [2.24, 2.45) is 0 Å². The Hall–Kier alpha value is -1.65. The van der Waals surface area contributed by atoms with Crippen LogP contribution >= 0.6 is 34.5 Å². The Balaban J connectivity index is 1.56. The number of halogens is 1. The van der Waals surface area contributed by atoms with Crippen LogP contribution in [0.2, 0.25) is 5.02 Å². The highest BCUT2D eigenvalue weighted by molar-refractivity contribution is 7.22. The smallest absolute Gasteiger partial charge is 0.273 e. The summed E-state index contributed by atoms with van der Waals surface area (Å²) in [6, 6.07) is 5.58. The second kappa shape index (κ2) is 8.79. The van der Waals surface area contributed by atoms with Crippen molar-refractivity contribution >= 4 is 55.7 Å². The van der Waals surface area contributed by atoms with Crippen molar-refractivity contribution in [3.05, 3.63) is 33.8 Å².